The predicted molar refractivity (Wildman–Crippen MR) is 110 cm³/mol. The molecule has 2 amide bonds. The van der Waals surface area contributed by atoms with Crippen LogP contribution in [0.4, 0.5) is 15.8 Å². The Kier molecular flexibility index (Phi) is 8.01. The van der Waals surface area contributed by atoms with Crippen molar-refractivity contribution in [2.24, 2.45) is 0 Å². The molecule has 1 atom stereocenters. The van der Waals surface area contributed by atoms with Gasteiger partial charge in [-0.25, -0.2) is 4.39 Å². The summed E-state index contributed by atoms with van der Waals surface area (Å²) in [6, 6.07) is 11.2. The van der Waals surface area contributed by atoms with Gasteiger partial charge in [-0.15, -0.1) is 11.8 Å². The van der Waals surface area contributed by atoms with Crippen molar-refractivity contribution in [3.05, 3.63) is 52.8 Å². The molecule has 2 rings (SSSR count). The Morgan fingerprint density at radius 2 is 1.79 bits per heavy atom. The third-order valence-corrected chi connectivity index (χ3v) is 5.18. The van der Waals surface area contributed by atoms with Crippen LogP contribution in [0.1, 0.15) is 19.8 Å². The van der Waals surface area contributed by atoms with Crippen LogP contribution in [0.2, 0.25) is 0 Å². The molecule has 0 heterocycles. The zero-order chi connectivity index (χ0) is 20.7. The maximum atomic E-state index is 13.8. The van der Waals surface area contributed by atoms with Crippen molar-refractivity contribution in [1.82, 2.24) is 0 Å². The first-order valence-corrected chi connectivity index (χ1v) is 9.96. The molecule has 0 radical (unpaired) electrons. The largest absolute Gasteiger partial charge is 0.481 e. The lowest BCUT2D eigenvalue weighted by Gasteiger charge is -2.13. The lowest BCUT2D eigenvalue weighted by Crippen LogP contribution is -2.22. The molecule has 1 unspecified atom stereocenters. The Morgan fingerprint density at radius 3 is 2.39 bits per heavy atom. The van der Waals surface area contributed by atoms with Gasteiger partial charge in [-0.05, 0) is 49.4 Å². The SMILES string of the molecule is CC(Sc1ccc(NC(=O)CCC(=O)O)cc1)C(=O)Nc1ccc(Br)cc1F. The fraction of sp³-hybridized carbons (Fsp3) is 0.211. The summed E-state index contributed by atoms with van der Waals surface area (Å²) in [5, 5.41) is 13.3. The van der Waals surface area contributed by atoms with Crippen molar-refractivity contribution < 1.29 is 23.9 Å². The van der Waals surface area contributed by atoms with E-state index in [-0.39, 0.29) is 30.3 Å². The number of aliphatic carboxylic acids is 1. The number of carbonyl (C=O) groups excluding carboxylic acids is 2. The summed E-state index contributed by atoms with van der Waals surface area (Å²) in [6.07, 6.45) is -0.332. The van der Waals surface area contributed by atoms with Gasteiger partial charge in [-0.2, -0.15) is 0 Å². The van der Waals surface area contributed by atoms with E-state index in [4.69, 9.17) is 5.11 Å². The molecule has 0 aliphatic rings. The zero-order valence-corrected chi connectivity index (χ0v) is 17.3. The van der Waals surface area contributed by atoms with Crippen LogP contribution in [-0.2, 0) is 14.4 Å². The lowest BCUT2D eigenvalue weighted by atomic mass is 10.2. The van der Waals surface area contributed by atoms with Crippen molar-refractivity contribution in [3.8, 4) is 0 Å². The summed E-state index contributed by atoms with van der Waals surface area (Å²) in [6.45, 7) is 1.71. The molecular formula is C19H18BrFN2O4S. The van der Waals surface area contributed by atoms with Gasteiger partial charge in [-0.3, -0.25) is 14.4 Å². The van der Waals surface area contributed by atoms with Gasteiger partial charge in [0.1, 0.15) is 5.82 Å². The van der Waals surface area contributed by atoms with E-state index in [9.17, 15) is 18.8 Å². The fourth-order valence-corrected chi connectivity index (χ4v) is 3.34. The van der Waals surface area contributed by atoms with Crippen LogP contribution >= 0.6 is 27.7 Å². The molecule has 0 aliphatic heterocycles. The van der Waals surface area contributed by atoms with Gasteiger partial charge in [0.2, 0.25) is 11.8 Å². The number of amides is 2. The van der Waals surface area contributed by atoms with E-state index in [0.29, 0.717) is 10.2 Å². The van der Waals surface area contributed by atoms with Crippen LogP contribution < -0.4 is 10.6 Å². The number of carboxylic acids is 1. The molecule has 2 aromatic rings. The van der Waals surface area contributed by atoms with Gasteiger partial charge in [0.15, 0.2) is 0 Å². The second-order valence-electron chi connectivity index (χ2n) is 5.84. The fourth-order valence-electron chi connectivity index (χ4n) is 2.14. The van der Waals surface area contributed by atoms with Gasteiger partial charge in [0.05, 0.1) is 17.4 Å². The topological polar surface area (TPSA) is 95.5 Å². The zero-order valence-electron chi connectivity index (χ0n) is 14.9. The molecule has 6 nitrogen and oxygen atoms in total. The molecule has 0 fully saturated rings. The van der Waals surface area contributed by atoms with Gasteiger partial charge in [-0.1, -0.05) is 15.9 Å². The smallest absolute Gasteiger partial charge is 0.303 e. The molecule has 0 spiro atoms. The number of carboxylic acid groups (broad SMARTS) is 1. The number of thioether (sulfide) groups is 1. The molecule has 28 heavy (non-hydrogen) atoms. The van der Waals surface area contributed by atoms with Gasteiger partial charge < -0.3 is 15.7 Å². The van der Waals surface area contributed by atoms with Crippen molar-refractivity contribution in [2.75, 3.05) is 10.6 Å². The Balaban J connectivity index is 1.89. The summed E-state index contributed by atoms with van der Waals surface area (Å²) in [5.41, 5.74) is 0.647. The first kappa shape index (κ1) is 21.9. The summed E-state index contributed by atoms with van der Waals surface area (Å²) in [7, 11) is 0. The van der Waals surface area contributed by atoms with Crippen molar-refractivity contribution in [3.63, 3.8) is 0 Å². The predicted octanol–water partition coefficient (Wildman–Crippen LogP) is 4.51. The molecule has 148 valence electrons. The number of benzene rings is 2. The van der Waals surface area contributed by atoms with Crippen molar-refractivity contribution >= 4 is 56.9 Å². The van der Waals surface area contributed by atoms with Crippen molar-refractivity contribution in [1.29, 1.82) is 0 Å². The monoisotopic (exact) mass is 468 g/mol. The minimum absolute atomic E-state index is 0.102. The first-order chi connectivity index (χ1) is 13.2. The second-order valence-corrected chi connectivity index (χ2v) is 8.17. The number of anilines is 2. The Labute approximate surface area is 174 Å². The molecular weight excluding hydrogens is 451 g/mol. The van der Waals surface area contributed by atoms with E-state index < -0.39 is 17.0 Å². The average molecular weight is 469 g/mol. The lowest BCUT2D eigenvalue weighted by molar-refractivity contribution is -0.138. The summed E-state index contributed by atoms with van der Waals surface area (Å²) in [5.74, 6) is -2.27. The molecule has 3 N–H and O–H groups in total. The summed E-state index contributed by atoms with van der Waals surface area (Å²) >= 11 is 4.45. The maximum Gasteiger partial charge on any atom is 0.303 e. The molecule has 2 aromatic carbocycles. The van der Waals surface area contributed by atoms with Crippen molar-refractivity contribution in [2.45, 2.75) is 29.9 Å². The highest BCUT2D eigenvalue weighted by Gasteiger charge is 2.16. The maximum absolute atomic E-state index is 13.8. The van der Waals surface area contributed by atoms with E-state index in [0.717, 1.165) is 4.90 Å². The normalized spacial score (nSPS) is 11.5. The molecule has 0 bridgehead atoms. The number of halogens is 2. The first-order valence-electron chi connectivity index (χ1n) is 8.29. The van der Waals surface area contributed by atoms with Crippen LogP contribution in [0.3, 0.4) is 0 Å². The third kappa shape index (κ3) is 6.97. The van der Waals surface area contributed by atoms with Crippen LogP contribution in [0.5, 0.6) is 0 Å². The Morgan fingerprint density at radius 1 is 1.11 bits per heavy atom. The standard InChI is InChI=1S/C19H18BrFN2O4S/c1-11(19(27)23-16-7-2-12(20)10-15(16)21)28-14-5-3-13(4-6-14)22-17(24)8-9-18(25)26/h2-7,10-11H,8-9H2,1H3,(H,22,24)(H,23,27)(H,25,26). The van der Waals surface area contributed by atoms with Gasteiger partial charge >= 0.3 is 5.97 Å². The third-order valence-electron chi connectivity index (χ3n) is 3.58. The van der Waals surface area contributed by atoms with Gasteiger partial charge in [0, 0.05) is 21.5 Å². The van der Waals surface area contributed by atoms with Crippen LogP contribution in [-0.4, -0.2) is 28.1 Å². The highest BCUT2D eigenvalue weighted by Crippen LogP contribution is 2.26. The Hall–Kier alpha value is -2.39. The molecule has 0 saturated heterocycles. The van der Waals surface area contributed by atoms with E-state index >= 15 is 0 Å². The number of hydrogen-bond acceptors (Lipinski definition) is 4. The highest BCUT2D eigenvalue weighted by atomic mass is 79.9. The van der Waals surface area contributed by atoms with Crippen LogP contribution in [0.15, 0.2) is 51.8 Å². The van der Waals surface area contributed by atoms with Crippen LogP contribution in [0.25, 0.3) is 0 Å². The van der Waals surface area contributed by atoms with E-state index in [1.807, 2.05) is 0 Å². The van der Waals surface area contributed by atoms with E-state index in [2.05, 4.69) is 26.6 Å². The molecule has 9 heteroatoms. The van der Waals surface area contributed by atoms with Gasteiger partial charge in [0.25, 0.3) is 0 Å². The van der Waals surface area contributed by atoms with E-state index in [1.54, 1.807) is 37.3 Å². The molecule has 0 saturated carbocycles. The minimum atomic E-state index is -1.03. The molecule has 0 aromatic heterocycles. The second kappa shape index (κ2) is 10.2. The molecule has 0 aliphatic carbocycles. The minimum Gasteiger partial charge on any atom is -0.481 e. The van der Waals surface area contributed by atoms with Crippen LogP contribution in [0, 0.1) is 5.82 Å². The summed E-state index contributed by atoms with van der Waals surface area (Å²) in [4.78, 5) is 35.2. The number of nitrogens with one attached hydrogen (secondary N) is 2. The quantitative estimate of drug-likeness (QED) is 0.495. The number of hydrogen-bond donors (Lipinski definition) is 3. The number of rotatable bonds is 8. The highest BCUT2D eigenvalue weighted by molar-refractivity contribution is 9.10. The Bertz CT molecular complexity index is 877. The summed E-state index contributed by atoms with van der Waals surface area (Å²) < 4.78 is 14.4. The number of carbonyl (C=O) groups is 3. The average Bonchev–Trinajstić information content (AvgIpc) is 2.63. The van der Waals surface area contributed by atoms with E-state index in [1.165, 1.54) is 23.9 Å².